The molecule has 0 N–H and O–H groups in total. The quantitative estimate of drug-likeness (QED) is 0.154. The van der Waals surface area contributed by atoms with Gasteiger partial charge in [-0.1, -0.05) is 115 Å². The van der Waals surface area contributed by atoms with E-state index in [0.29, 0.717) is 0 Å². The molecule has 0 fully saturated rings. The first kappa shape index (κ1) is 36.8. The van der Waals surface area contributed by atoms with E-state index < -0.39 is 0 Å². The molecule has 0 aliphatic heterocycles. The van der Waals surface area contributed by atoms with Gasteiger partial charge in [0.15, 0.2) is 5.82 Å². The maximum Gasteiger partial charge on any atom is 0.160 e. The molecule has 10 aromatic rings. The first-order valence-electron chi connectivity index (χ1n) is 20.6. The largest absolute Gasteiger partial charge is 0.310 e. The summed E-state index contributed by atoms with van der Waals surface area (Å²) in [5.41, 5.74) is 19.1. The predicted octanol–water partition coefficient (Wildman–Crippen LogP) is 14.9. The molecule has 0 unspecified atom stereocenters. The first-order chi connectivity index (χ1) is 29.4. The maximum absolute atomic E-state index is 5.19. The second-order valence-electron chi connectivity index (χ2n) is 15.7. The highest BCUT2D eigenvalue weighted by atomic mass is 15.1. The van der Waals surface area contributed by atoms with Crippen LogP contribution in [0.1, 0.15) is 22.3 Å². The summed E-state index contributed by atoms with van der Waals surface area (Å²) < 4.78 is 2.39. The molecule has 60 heavy (non-hydrogen) atoms. The molecule has 0 spiro atoms. The maximum atomic E-state index is 5.19. The summed E-state index contributed by atoms with van der Waals surface area (Å²) in [7, 11) is 0. The van der Waals surface area contributed by atoms with Crippen LogP contribution in [0.15, 0.2) is 194 Å². The Hall–Kier alpha value is -7.56. The van der Waals surface area contributed by atoms with Crippen molar-refractivity contribution in [2.45, 2.75) is 27.7 Å². The number of nitrogens with zero attached hydrogens (tertiary/aromatic N) is 4. The normalized spacial score (nSPS) is 11.3. The Morgan fingerprint density at radius 1 is 0.383 bits per heavy atom. The van der Waals surface area contributed by atoms with Crippen LogP contribution in [0.25, 0.3) is 72.5 Å². The summed E-state index contributed by atoms with van der Waals surface area (Å²) in [5.74, 6) is 0.741. The van der Waals surface area contributed by atoms with Gasteiger partial charge in [-0.2, -0.15) is 0 Å². The van der Waals surface area contributed by atoms with E-state index in [0.717, 1.165) is 62.2 Å². The predicted molar refractivity (Wildman–Crippen MR) is 252 cm³/mol. The van der Waals surface area contributed by atoms with Gasteiger partial charge in [0.25, 0.3) is 0 Å². The molecular formula is C56H44N4. The number of anilines is 3. The lowest BCUT2D eigenvalue weighted by atomic mass is 9.92. The van der Waals surface area contributed by atoms with Crippen LogP contribution in [0, 0.1) is 27.7 Å². The molecular weight excluding hydrogens is 729 g/mol. The summed E-state index contributed by atoms with van der Waals surface area (Å²) in [4.78, 5) is 12.6. The molecule has 2 heterocycles. The standard InChI is InChI=1S/C56H44N4/c1-37-17-11-13-23-47(37)52-36-51(57-56(58-52)48-24-14-12-18-38(48)2)42-33-39(3)55(40(4)34-42)41-27-29-45(30-28-41)60-53-26-16-15-25-49(53)50-35-46(31-32-54(50)60)59(43-19-7-5-8-20-43)44-21-9-6-10-22-44/h5-36H,1-4H3. The van der Waals surface area contributed by atoms with Crippen molar-refractivity contribution in [2.24, 2.45) is 0 Å². The second-order valence-corrected chi connectivity index (χ2v) is 15.7. The number of fused-ring (bicyclic) bond motifs is 3. The van der Waals surface area contributed by atoms with Gasteiger partial charge in [0.05, 0.1) is 22.4 Å². The lowest BCUT2D eigenvalue weighted by Crippen LogP contribution is -2.09. The van der Waals surface area contributed by atoms with E-state index in [-0.39, 0.29) is 0 Å². The third-order valence-corrected chi connectivity index (χ3v) is 11.7. The van der Waals surface area contributed by atoms with Gasteiger partial charge in [-0.3, -0.25) is 0 Å². The monoisotopic (exact) mass is 772 g/mol. The van der Waals surface area contributed by atoms with Crippen LogP contribution in [-0.4, -0.2) is 14.5 Å². The zero-order chi connectivity index (χ0) is 40.7. The average molecular weight is 773 g/mol. The van der Waals surface area contributed by atoms with Gasteiger partial charge in [-0.25, -0.2) is 9.97 Å². The molecule has 0 aliphatic carbocycles. The van der Waals surface area contributed by atoms with Crippen molar-refractivity contribution in [2.75, 3.05) is 4.90 Å². The Bertz CT molecular complexity index is 3050. The van der Waals surface area contributed by atoms with E-state index in [9.17, 15) is 0 Å². The number of benzene rings is 8. The molecule has 288 valence electrons. The average Bonchev–Trinajstić information content (AvgIpc) is 3.61. The molecule has 4 heteroatoms. The van der Waals surface area contributed by atoms with Crippen LogP contribution in [0.3, 0.4) is 0 Å². The summed E-state index contributed by atoms with van der Waals surface area (Å²) in [6, 6.07) is 69.3. The topological polar surface area (TPSA) is 34.0 Å². The number of hydrogen-bond acceptors (Lipinski definition) is 3. The molecule has 0 amide bonds. The third kappa shape index (κ3) is 6.62. The number of para-hydroxylation sites is 3. The van der Waals surface area contributed by atoms with E-state index in [4.69, 9.17) is 9.97 Å². The Kier molecular flexibility index (Phi) is 9.38. The van der Waals surface area contributed by atoms with Gasteiger partial charge >= 0.3 is 0 Å². The Balaban J connectivity index is 1.03. The smallest absolute Gasteiger partial charge is 0.160 e. The number of aryl methyl sites for hydroxylation is 4. The van der Waals surface area contributed by atoms with Crippen LogP contribution >= 0.6 is 0 Å². The molecule has 0 radical (unpaired) electrons. The van der Waals surface area contributed by atoms with Gasteiger partial charge in [0.2, 0.25) is 0 Å². The fourth-order valence-electron chi connectivity index (χ4n) is 8.86. The molecule has 4 nitrogen and oxygen atoms in total. The molecule has 0 bridgehead atoms. The SMILES string of the molecule is Cc1ccccc1-c1cc(-c2cc(C)c(-c3ccc(-n4c5ccccc5c5cc(N(c6ccccc6)c6ccccc6)ccc54)cc3)c(C)c2)nc(-c2ccccc2C)n1. The van der Waals surface area contributed by atoms with E-state index in [2.05, 4.69) is 231 Å². The van der Waals surface area contributed by atoms with Gasteiger partial charge in [0.1, 0.15) is 0 Å². The van der Waals surface area contributed by atoms with Crippen molar-refractivity contribution >= 4 is 38.9 Å². The van der Waals surface area contributed by atoms with Crippen LogP contribution in [-0.2, 0) is 0 Å². The van der Waals surface area contributed by atoms with Crippen molar-refractivity contribution < 1.29 is 0 Å². The minimum Gasteiger partial charge on any atom is -0.310 e. The van der Waals surface area contributed by atoms with Crippen LogP contribution < -0.4 is 4.90 Å². The van der Waals surface area contributed by atoms with Gasteiger partial charge < -0.3 is 9.47 Å². The van der Waals surface area contributed by atoms with Crippen molar-refractivity contribution in [1.29, 1.82) is 0 Å². The Morgan fingerprint density at radius 2 is 0.933 bits per heavy atom. The highest BCUT2D eigenvalue weighted by Crippen LogP contribution is 2.40. The van der Waals surface area contributed by atoms with E-state index in [1.54, 1.807) is 0 Å². The fraction of sp³-hybridized carbons (Fsp3) is 0.0714. The summed E-state index contributed by atoms with van der Waals surface area (Å²) in [5, 5.41) is 2.44. The molecule has 2 aromatic heterocycles. The van der Waals surface area contributed by atoms with E-state index in [1.165, 1.54) is 49.6 Å². The van der Waals surface area contributed by atoms with Crippen molar-refractivity contribution in [3.8, 4) is 50.7 Å². The molecule has 0 atom stereocenters. The zero-order valence-electron chi connectivity index (χ0n) is 34.3. The van der Waals surface area contributed by atoms with E-state index >= 15 is 0 Å². The van der Waals surface area contributed by atoms with Crippen LogP contribution in [0.4, 0.5) is 17.1 Å². The Labute approximate surface area is 351 Å². The summed E-state index contributed by atoms with van der Waals surface area (Å²) >= 11 is 0. The van der Waals surface area contributed by atoms with Crippen LogP contribution in [0.5, 0.6) is 0 Å². The Morgan fingerprint density at radius 3 is 1.58 bits per heavy atom. The minimum atomic E-state index is 0.741. The molecule has 0 aliphatic rings. The number of hydrogen-bond donors (Lipinski definition) is 0. The van der Waals surface area contributed by atoms with Crippen molar-refractivity contribution in [3.63, 3.8) is 0 Å². The third-order valence-electron chi connectivity index (χ3n) is 11.7. The molecule has 8 aromatic carbocycles. The lowest BCUT2D eigenvalue weighted by Gasteiger charge is -2.25. The van der Waals surface area contributed by atoms with Crippen molar-refractivity contribution in [1.82, 2.24) is 14.5 Å². The molecule has 0 saturated heterocycles. The highest BCUT2D eigenvalue weighted by molar-refractivity contribution is 6.10. The van der Waals surface area contributed by atoms with Gasteiger partial charge in [-0.05, 0) is 140 Å². The van der Waals surface area contributed by atoms with Gasteiger partial charge in [0, 0.05) is 50.2 Å². The van der Waals surface area contributed by atoms with Crippen LogP contribution in [0.2, 0.25) is 0 Å². The summed E-state index contributed by atoms with van der Waals surface area (Å²) in [6.45, 7) is 8.69. The summed E-state index contributed by atoms with van der Waals surface area (Å²) in [6.07, 6.45) is 0. The zero-order valence-corrected chi connectivity index (χ0v) is 34.3. The lowest BCUT2D eigenvalue weighted by molar-refractivity contribution is 1.17. The fourth-order valence-corrected chi connectivity index (χ4v) is 8.86. The molecule has 10 rings (SSSR count). The first-order valence-corrected chi connectivity index (χ1v) is 20.6. The van der Waals surface area contributed by atoms with Crippen molar-refractivity contribution in [3.05, 3.63) is 216 Å². The number of aromatic nitrogens is 3. The number of rotatable bonds is 8. The highest BCUT2D eigenvalue weighted by Gasteiger charge is 2.19. The van der Waals surface area contributed by atoms with Gasteiger partial charge in [-0.15, -0.1) is 0 Å². The minimum absolute atomic E-state index is 0.741. The molecule has 0 saturated carbocycles. The van der Waals surface area contributed by atoms with E-state index in [1.807, 2.05) is 0 Å². The second kappa shape index (κ2) is 15.3.